The number of amides is 1. The third-order valence-electron chi connectivity index (χ3n) is 6.10. The van der Waals surface area contributed by atoms with Crippen LogP contribution in [0.2, 0.25) is 0 Å². The molecule has 0 N–H and O–H groups in total. The monoisotopic (exact) mass is 405 g/mol. The van der Waals surface area contributed by atoms with E-state index in [1.807, 2.05) is 6.07 Å². The Labute approximate surface area is 179 Å². The Morgan fingerprint density at radius 2 is 1.53 bits per heavy atom. The van der Waals surface area contributed by atoms with Crippen molar-refractivity contribution in [1.82, 2.24) is 0 Å². The molecule has 0 spiro atoms. The first kappa shape index (κ1) is 21.8. The topological polar surface area (TPSA) is 46.6 Å². The second-order valence-electron chi connectivity index (χ2n) is 9.29. The van der Waals surface area contributed by atoms with Gasteiger partial charge in [0, 0.05) is 18.3 Å². The van der Waals surface area contributed by atoms with Crippen LogP contribution in [0, 0.1) is 0 Å². The number of rotatable bonds is 5. The molecule has 0 fully saturated rings. The minimum atomic E-state index is -0.409. The van der Waals surface area contributed by atoms with Gasteiger partial charge in [-0.2, -0.15) is 0 Å². The first-order valence-corrected chi connectivity index (χ1v) is 10.4. The molecule has 0 atom stereocenters. The number of hydrogen-bond acceptors (Lipinski definition) is 3. The molecule has 0 aliphatic heterocycles. The Morgan fingerprint density at radius 3 is 2.10 bits per heavy atom. The lowest BCUT2D eigenvalue weighted by Gasteiger charge is -2.42. The summed E-state index contributed by atoms with van der Waals surface area (Å²) in [6.45, 7) is 14.4. The summed E-state index contributed by atoms with van der Waals surface area (Å²) in [6.07, 6.45) is 3.78. The number of carbonyl (C=O) groups is 2. The van der Waals surface area contributed by atoms with E-state index in [1.165, 1.54) is 17.2 Å². The number of ether oxygens (including phenoxy) is 1. The van der Waals surface area contributed by atoms with Crippen molar-refractivity contribution in [2.75, 3.05) is 11.5 Å². The molecule has 1 aliphatic carbocycles. The highest BCUT2D eigenvalue weighted by Gasteiger charge is 2.37. The summed E-state index contributed by atoms with van der Waals surface area (Å²) in [5, 5.41) is 0. The number of carbonyl (C=O) groups excluding carboxylic acids is 2. The van der Waals surface area contributed by atoms with Gasteiger partial charge in [-0.15, -0.1) is 0 Å². The fourth-order valence-corrected chi connectivity index (χ4v) is 4.19. The van der Waals surface area contributed by atoms with Gasteiger partial charge in [-0.05, 0) is 71.2 Å². The van der Waals surface area contributed by atoms with E-state index in [0.717, 1.165) is 24.2 Å². The molecule has 1 amide bonds. The maximum atomic E-state index is 12.6. The van der Waals surface area contributed by atoms with Gasteiger partial charge in [-0.25, -0.2) is 4.79 Å². The third kappa shape index (κ3) is 4.18. The molecule has 2 aromatic carbocycles. The molecule has 0 radical (unpaired) electrons. The number of nitrogens with zero attached hydrogens (tertiary/aromatic N) is 1. The maximum absolute atomic E-state index is 12.6. The van der Waals surface area contributed by atoms with Crippen LogP contribution in [0.5, 0.6) is 0 Å². The minimum absolute atomic E-state index is 0.0576. The van der Waals surface area contributed by atoms with E-state index < -0.39 is 5.97 Å². The zero-order valence-corrected chi connectivity index (χ0v) is 18.6. The van der Waals surface area contributed by atoms with Crippen molar-refractivity contribution in [1.29, 1.82) is 0 Å². The second kappa shape index (κ2) is 8.10. The first-order chi connectivity index (χ1) is 14.1. The first-order valence-electron chi connectivity index (χ1n) is 10.4. The van der Waals surface area contributed by atoms with E-state index in [9.17, 15) is 9.59 Å². The molecule has 1 aliphatic rings. The number of esters is 1. The predicted molar refractivity (Wildman–Crippen MR) is 121 cm³/mol. The molecule has 2 aromatic rings. The third-order valence-corrected chi connectivity index (χ3v) is 6.10. The van der Waals surface area contributed by atoms with Gasteiger partial charge in [-0.1, -0.05) is 46.4 Å². The smallest absolute Gasteiger partial charge is 0.338 e. The molecule has 0 saturated carbocycles. The maximum Gasteiger partial charge on any atom is 0.338 e. The van der Waals surface area contributed by atoms with Crippen molar-refractivity contribution in [3.05, 3.63) is 71.8 Å². The lowest BCUT2D eigenvalue weighted by atomic mass is 9.63. The van der Waals surface area contributed by atoms with Gasteiger partial charge in [0.05, 0.1) is 5.56 Å². The summed E-state index contributed by atoms with van der Waals surface area (Å²) < 4.78 is 5.08. The number of benzene rings is 2. The van der Waals surface area contributed by atoms with Crippen molar-refractivity contribution in [3.63, 3.8) is 0 Å². The van der Waals surface area contributed by atoms with Crippen LogP contribution in [0.25, 0.3) is 0 Å². The quantitative estimate of drug-likeness (QED) is 0.448. The largest absolute Gasteiger partial charge is 0.458 e. The number of hydrogen-bond donors (Lipinski definition) is 0. The molecule has 0 unspecified atom stereocenters. The Balaban J connectivity index is 1.99. The van der Waals surface area contributed by atoms with Crippen LogP contribution in [0.3, 0.4) is 0 Å². The molecule has 0 aromatic heterocycles. The van der Waals surface area contributed by atoms with Gasteiger partial charge in [0.2, 0.25) is 5.91 Å². The lowest BCUT2D eigenvalue weighted by Crippen LogP contribution is -2.34. The number of fused-ring (bicyclic) bond motifs is 1. The van der Waals surface area contributed by atoms with Crippen LogP contribution in [0.15, 0.2) is 55.1 Å². The molecule has 3 rings (SSSR count). The van der Waals surface area contributed by atoms with E-state index in [1.54, 1.807) is 36.1 Å². The standard InChI is InChI=1S/C26H31NO3/c1-7-16-30-24(29)19-8-10-20(11-9-19)27(18(2)28)21-12-13-22-23(17-21)26(5,6)15-14-25(22,3)4/h7-13,17H,1,14-16H2,2-6H3. The Kier molecular flexibility index (Phi) is 5.89. The van der Waals surface area contributed by atoms with E-state index in [4.69, 9.17) is 4.74 Å². The van der Waals surface area contributed by atoms with Crippen LogP contribution in [0.4, 0.5) is 11.4 Å². The molecule has 158 valence electrons. The van der Waals surface area contributed by atoms with E-state index >= 15 is 0 Å². The molecule has 4 nitrogen and oxygen atoms in total. The van der Waals surface area contributed by atoms with Gasteiger partial charge in [0.25, 0.3) is 0 Å². The molecular weight excluding hydrogens is 374 g/mol. The summed E-state index contributed by atoms with van der Waals surface area (Å²) in [6, 6.07) is 13.3. The zero-order chi connectivity index (χ0) is 22.1. The van der Waals surface area contributed by atoms with E-state index in [0.29, 0.717) is 5.56 Å². The van der Waals surface area contributed by atoms with Gasteiger partial charge in [0.15, 0.2) is 0 Å². The summed E-state index contributed by atoms with van der Waals surface area (Å²) in [5.41, 5.74) is 4.83. The lowest BCUT2D eigenvalue weighted by molar-refractivity contribution is -0.115. The summed E-state index contributed by atoms with van der Waals surface area (Å²) in [7, 11) is 0. The Morgan fingerprint density at radius 1 is 0.967 bits per heavy atom. The SMILES string of the molecule is C=CCOC(=O)c1ccc(N(C(C)=O)c2ccc3c(c2)C(C)(C)CCC3(C)C)cc1. The van der Waals surface area contributed by atoms with Crippen molar-refractivity contribution in [2.24, 2.45) is 0 Å². The van der Waals surface area contributed by atoms with Crippen LogP contribution < -0.4 is 4.90 Å². The van der Waals surface area contributed by atoms with Crippen LogP contribution >= 0.6 is 0 Å². The molecule has 0 bridgehead atoms. The summed E-state index contributed by atoms with van der Waals surface area (Å²) in [5.74, 6) is -0.488. The zero-order valence-electron chi connectivity index (χ0n) is 18.6. The normalized spacial score (nSPS) is 16.3. The molecule has 30 heavy (non-hydrogen) atoms. The Bertz CT molecular complexity index is 970. The number of anilines is 2. The molecular formula is C26H31NO3. The van der Waals surface area contributed by atoms with Crippen molar-refractivity contribution in [2.45, 2.75) is 58.3 Å². The van der Waals surface area contributed by atoms with Crippen LogP contribution in [-0.2, 0) is 20.4 Å². The highest BCUT2D eigenvalue weighted by molar-refractivity contribution is 6.00. The second-order valence-corrected chi connectivity index (χ2v) is 9.29. The van der Waals surface area contributed by atoms with Crippen molar-refractivity contribution < 1.29 is 14.3 Å². The summed E-state index contributed by atoms with van der Waals surface area (Å²) in [4.78, 5) is 26.3. The van der Waals surface area contributed by atoms with Gasteiger partial charge >= 0.3 is 5.97 Å². The minimum Gasteiger partial charge on any atom is -0.458 e. The fourth-order valence-electron chi connectivity index (χ4n) is 4.19. The molecule has 0 heterocycles. The average molecular weight is 406 g/mol. The van der Waals surface area contributed by atoms with Gasteiger partial charge in [0.1, 0.15) is 6.61 Å². The highest BCUT2D eigenvalue weighted by atomic mass is 16.5. The van der Waals surface area contributed by atoms with Crippen LogP contribution in [-0.4, -0.2) is 18.5 Å². The van der Waals surface area contributed by atoms with Crippen molar-refractivity contribution in [3.8, 4) is 0 Å². The van der Waals surface area contributed by atoms with Crippen LogP contribution in [0.1, 0.15) is 68.9 Å². The van der Waals surface area contributed by atoms with Gasteiger partial charge in [-0.3, -0.25) is 9.69 Å². The van der Waals surface area contributed by atoms with E-state index in [-0.39, 0.29) is 23.3 Å². The molecule has 0 saturated heterocycles. The van der Waals surface area contributed by atoms with Gasteiger partial charge < -0.3 is 4.74 Å². The predicted octanol–water partition coefficient (Wildman–Crippen LogP) is 6.06. The van der Waals surface area contributed by atoms with Crippen molar-refractivity contribution >= 4 is 23.3 Å². The Hall–Kier alpha value is -2.88. The molecule has 4 heteroatoms. The average Bonchev–Trinajstić information content (AvgIpc) is 2.70. The van der Waals surface area contributed by atoms with E-state index in [2.05, 4.69) is 46.4 Å². The summed E-state index contributed by atoms with van der Waals surface area (Å²) >= 11 is 0. The fraction of sp³-hybridized carbons (Fsp3) is 0.385. The highest BCUT2D eigenvalue weighted by Crippen LogP contribution is 2.47.